The maximum absolute atomic E-state index is 8.83. The van der Waals surface area contributed by atoms with Crippen LogP contribution in [-0.4, -0.2) is 15.0 Å². The van der Waals surface area contributed by atoms with Crippen LogP contribution in [0.5, 0.6) is 0 Å². The van der Waals surface area contributed by atoms with Gasteiger partial charge in [-0.1, -0.05) is 115 Å². The van der Waals surface area contributed by atoms with Crippen LogP contribution in [0.4, 0.5) is 0 Å². The summed E-state index contributed by atoms with van der Waals surface area (Å²) in [6, 6.07) is 42.2. The Hall–Kier alpha value is -6.43. The smallest absolute Gasteiger partial charge is 0.164 e. The molecular weight excluding hydrogens is 631 g/mol. The van der Waals surface area contributed by atoms with Crippen LogP contribution in [-0.2, 0) is 0 Å². The zero-order valence-corrected chi connectivity index (χ0v) is 27.2. The van der Waals surface area contributed by atoms with Crippen molar-refractivity contribution in [3.05, 3.63) is 164 Å². The molecule has 10 aromatic rings. The number of thiophene rings is 1. The number of furan rings is 1. The fourth-order valence-corrected chi connectivity index (χ4v) is 7.69. The van der Waals surface area contributed by atoms with Crippen LogP contribution < -0.4 is 0 Å². The van der Waals surface area contributed by atoms with Gasteiger partial charge in [0.1, 0.15) is 11.2 Å². The maximum atomic E-state index is 8.83. The standard InChI is InChI=1S/C45H27N3OS/c1-4-12-28(13-5-1)33-25-36(29-14-6-2-7-15-29)42-38(26-33)34-22-20-32(27-39(34)49-42)45-47-43(30-16-8-3-9-17-30)46-44(48-45)31-21-23-41-37(24-31)35-18-10-11-19-40(35)50-41/h1-27H/i2D,6D,7D,14D,15D. The third kappa shape index (κ3) is 4.87. The summed E-state index contributed by atoms with van der Waals surface area (Å²) in [5.74, 6) is 1.55. The summed E-state index contributed by atoms with van der Waals surface area (Å²) >= 11 is 1.76. The highest BCUT2D eigenvalue weighted by Crippen LogP contribution is 2.41. The molecule has 0 spiro atoms. The maximum Gasteiger partial charge on any atom is 0.164 e. The highest BCUT2D eigenvalue weighted by atomic mass is 32.1. The van der Waals surface area contributed by atoms with Gasteiger partial charge in [0.2, 0.25) is 0 Å². The molecule has 0 N–H and O–H groups in total. The Morgan fingerprint density at radius 3 is 1.84 bits per heavy atom. The molecule has 3 aromatic heterocycles. The van der Waals surface area contributed by atoms with E-state index in [9.17, 15) is 0 Å². The van der Waals surface area contributed by atoms with E-state index in [1.807, 2.05) is 91.0 Å². The van der Waals surface area contributed by atoms with E-state index in [-0.39, 0.29) is 17.6 Å². The van der Waals surface area contributed by atoms with Gasteiger partial charge < -0.3 is 4.42 Å². The Kier molecular flexibility index (Phi) is 5.54. The topological polar surface area (TPSA) is 51.8 Å². The molecule has 7 aromatic carbocycles. The van der Waals surface area contributed by atoms with E-state index >= 15 is 0 Å². The van der Waals surface area contributed by atoms with Gasteiger partial charge in [0.05, 0.1) is 6.85 Å². The van der Waals surface area contributed by atoms with Crippen molar-refractivity contribution in [2.75, 3.05) is 0 Å². The van der Waals surface area contributed by atoms with E-state index in [0.717, 1.165) is 38.4 Å². The summed E-state index contributed by atoms with van der Waals surface area (Å²) in [6.07, 6.45) is 0. The number of benzene rings is 7. The number of rotatable bonds is 5. The lowest BCUT2D eigenvalue weighted by Crippen LogP contribution is -2.00. The van der Waals surface area contributed by atoms with Gasteiger partial charge in [0.25, 0.3) is 0 Å². The molecule has 0 atom stereocenters. The molecule has 10 rings (SSSR count). The minimum Gasteiger partial charge on any atom is -0.455 e. The second-order valence-corrected chi connectivity index (χ2v) is 13.1. The zero-order chi connectivity index (χ0) is 37.4. The van der Waals surface area contributed by atoms with E-state index in [1.165, 1.54) is 14.8 Å². The highest BCUT2D eigenvalue weighted by molar-refractivity contribution is 7.25. The summed E-state index contributed by atoms with van der Waals surface area (Å²) in [7, 11) is 0. The zero-order valence-electron chi connectivity index (χ0n) is 31.4. The molecule has 0 fully saturated rings. The lowest BCUT2D eigenvalue weighted by Gasteiger charge is -2.09. The largest absolute Gasteiger partial charge is 0.455 e. The summed E-state index contributed by atoms with van der Waals surface area (Å²) < 4.78 is 51.7. The average molecular weight is 663 g/mol. The van der Waals surface area contributed by atoms with Gasteiger partial charge in [-0.15, -0.1) is 11.3 Å². The molecule has 0 radical (unpaired) electrons. The molecule has 3 heterocycles. The van der Waals surface area contributed by atoms with Crippen molar-refractivity contribution < 1.29 is 11.3 Å². The predicted octanol–water partition coefficient (Wildman–Crippen LogP) is 12.5. The van der Waals surface area contributed by atoms with Gasteiger partial charge in [-0.05, 0) is 65.2 Å². The number of hydrogen-bond acceptors (Lipinski definition) is 5. The predicted molar refractivity (Wildman–Crippen MR) is 207 cm³/mol. The van der Waals surface area contributed by atoms with E-state index < -0.39 is 18.1 Å². The molecule has 0 amide bonds. The van der Waals surface area contributed by atoms with Crippen LogP contribution in [0.25, 0.3) is 98.5 Å². The molecule has 0 saturated carbocycles. The summed E-state index contributed by atoms with van der Waals surface area (Å²) in [5.41, 5.74) is 5.64. The summed E-state index contributed by atoms with van der Waals surface area (Å²) in [4.78, 5) is 15.0. The first kappa shape index (κ1) is 23.8. The third-order valence-electron chi connectivity index (χ3n) is 9.01. The Bertz CT molecular complexity index is 3130. The average Bonchev–Trinajstić information content (AvgIpc) is 3.80. The van der Waals surface area contributed by atoms with Crippen LogP contribution in [0, 0.1) is 0 Å². The molecule has 5 heteroatoms. The molecule has 0 aliphatic carbocycles. The molecule has 234 valence electrons. The number of nitrogens with zero attached hydrogens (tertiary/aromatic N) is 3. The van der Waals surface area contributed by atoms with Gasteiger partial charge >= 0.3 is 0 Å². The number of aromatic nitrogens is 3. The Balaban J connectivity index is 1.19. The summed E-state index contributed by atoms with van der Waals surface area (Å²) in [5, 5.41) is 3.89. The summed E-state index contributed by atoms with van der Waals surface area (Å²) in [6.45, 7) is 0. The van der Waals surface area contributed by atoms with Gasteiger partial charge in [-0.2, -0.15) is 0 Å². The third-order valence-corrected chi connectivity index (χ3v) is 10.2. The highest BCUT2D eigenvalue weighted by Gasteiger charge is 2.18. The molecule has 50 heavy (non-hydrogen) atoms. The molecule has 0 bridgehead atoms. The van der Waals surface area contributed by atoms with E-state index in [1.54, 1.807) is 11.3 Å². The molecule has 0 unspecified atom stereocenters. The molecule has 4 nitrogen and oxygen atoms in total. The van der Waals surface area contributed by atoms with Gasteiger partial charge in [-0.25, -0.2) is 15.0 Å². The molecule has 0 aliphatic rings. The normalized spacial score (nSPS) is 13.0. The monoisotopic (exact) mass is 662 g/mol. The van der Waals surface area contributed by atoms with Gasteiger partial charge in [0, 0.05) is 53.2 Å². The Morgan fingerprint density at radius 1 is 0.440 bits per heavy atom. The first-order chi connectivity index (χ1) is 26.8. The van der Waals surface area contributed by atoms with E-state index in [4.69, 9.17) is 26.2 Å². The first-order valence-electron chi connectivity index (χ1n) is 18.7. The van der Waals surface area contributed by atoms with Crippen molar-refractivity contribution in [3.63, 3.8) is 0 Å². The fraction of sp³-hybridized carbons (Fsp3) is 0. The minimum atomic E-state index is -0.446. The number of hydrogen-bond donors (Lipinski definition) is 0. The Morgan fingerprint density at radius 2 is 1.06 bits per heavy atom. The van der Waals surface area contributed by atoms with Crippen molar-refractivity contribution >= 4 is 53.4 Å². The van der Waals surface area contributed by atoms with Crippen molar-refractivity contribution in [2.24, 2.45) is 0 Å². The molecule has 0 saturated heterocycles. The lowest BCUT2D eigenvalue weighted by molar-refractivity contribution is 0.670. The van der Waals surface area contributed by atoms with Crippen molar-refractivity contribution in [1.29, 1.82) is 0 Å². The lowest BCUT2D eigenvalue weighted by atomic mass is 9.95. The Labute approximate surface area is 299 Å². The van der Waals surface area contributed by atoms with E-state index in [2.05, 4.69) is 42.5 Å². The number of fused-ring (bicyclic) bond motifs is 6. The van der Waals surface area contributed by atoms with Crippen LogP contribution in [0.3, 0.4) is 0 Å². The molecule has 0 aliphatic heterocycles. The quantitative estimate of drug-likeness (QED) is 0.184. The van der Waals surface area contributed by atoms with Crippen molar-refractivity contribution in [2.45, 2.75) is 0 Å². The van der Waals surface area contributed by atoms with Crippen LogP contribution in [0.15, 0.2) is 168 Å². The van der Waals surface area contributed by atoms with Gasteiger partial charge in [-0.3, -0.25) is 0 Å². The van der Waals surface area contributed by atoms with Crippen LogP contribution >= 0.6 is 11.3 Å². The van der Waals surface area contributed by atoms with Crippen molar-refractivity contribution in [1.82, 2.24) is 15.0 Å². The second kappa shape index (κ2) is 11.6. The second-order valence-electron chi connectivity index (χ2n) is 12.1. The van der Waals surface area contributed by atoms with Crippen LogP contribution in [0.2, 0.25) is 0 Å². The SMILES string of the molecule is [2H]c1c([2H])c([2H])c(-c2cc(-c3ccccc3)cc3c2oc2cc(-c4nc(-c5ccccc5)nc(-c5ccc6sc7ccccc7c6c5)n4)ccc23)c([2H])c1[2H]. The van der Waals surface area contributed by atoms with Gasteiger partial charge in [0.15, 0.2) is 17.5 Å². The first-order valence-corrected chi connectivity index (χ1v) is 17.0. The van der Waals surface area contributed by atoms with Crippen molar-refractivity contribution in [3.8, 4) is 56.4 Å². The minimum absolute atomic E-state index is 0.0815. The van der Waals surface area contributed by atoms with E-state index in [0.29, 0.717) is 39.8 Å². The fourth-order valence-electron chi connectivity index (χ4n) is 6.60. The van der Waals surface area contributed by atoms with Crippen LogP contribution in [0.1, 0.15) is 6.85 Å². The molecular formula is C45H27N3OS.